The van der Waals surface area contributed by atoms with E-state index in [2.05, 4.69) is 10.1 Å². The van der Waals surface area contributed by atoms with Gasteiger partial charge in [-0.15, -0.1) is 0 Å². The molecule has 0 aliphatic heterocycles. The summed E-state index contributed by atoms with van der Waals surface area (Å²) in [5.41, 5.74) is 5.51. The van der Waals surface area contributed by atoms with Crippen molar-refractivity contribution in [1.82, 2.24) is 10.1 Å². The molecule has 0 spiro atoms. The van der Waals surface area contributed by atoms with Gasteiger partial charge in [0.15, 0.2) is 5.82 Å². The van der Waals surface area contributed by atoms with Crippen LogP contribution in [0.15, 0.2) is 34.9 Å². The molecule has 19 heavy (non-hydrogen) atoms. The van der Waals surface area contributed by atoms with Crippen LogP contribution in [0.25, 0.3) is 0 Å². The summed E-state index contributed by atoms with van der Waals surface area (Å²) in [5.74, 6) is 1.93. The highest BCUT2D eigenvalue weighted by molar-refractivity contribution is 5.20. The Morgan fingerprint density at radius 1 is 1.32 bits per heavy atom. The molecule has 1 heterocycles. The number of benzene rings is 1. The van der Waals surface area contributed by atoms with E-state index >= 15 is 0 Å². The summed E-state index contributed by atoms with van der Waals surface area (Å²) >= 11 is 0. The largest absolute Gasteiger partial charge is 0.493 e. The Kier molecular flexibility index (Phi) is 4.16. The lowest BCUT2D eigenvalue weighted by Gasteiger charge is -2.16. The highest BCUT2D eigenvalue weighted by Gasteiger charge is 2.25. The third-order valence-corrected chi connectivity index (χ3v) is 3.04. The summed E-state index contributed by atoms with van der Waals surface area (Å²) in [6, 6.07) is 9.63. The maximum atomic E-state index is 6.05. The van der Waals surface area contributed by atoms with Crippen LogP contribution in [0.4, 0.5) is 0 Å². The van der Waals surface area contributed by atoms with Crippen molar-refractivity contribution >= 4 is 0 Å². The molecule has 102 valence electrons. The molecule has 0 aliphatic rings. The van der Waals surface area contributed by atoms with Gasteiger partial charge < -0.3 is 15.0 Å². The third-order valence-electron chi connectivity index (χ3n) is 3.04. The van der Waals surface area contributed by atoms with Crippen molar-refractivity contribution in [2.75, 3.05) is 6.61 Å². The Morgan fingerprint density at radius 3 is 2.74 bits per heavy atom. The summed E-state index contributed by atoms with van der Waals surface area (Å²) in [6.07, 6.45) is 1.33. The SMILES string of the molecule is CCC(C)(N)c1noc(CCOc2ccccc2)n1. The maximum absolute atomic E-state index is 6.05. The Balaban J connectivity index is 1.87. The summed E-state index contributed by atoms with van der Waals surface area (Å²) in [6.45, 7) is 4.38. The highest BCUT2D eigenvalue weighted by atomic mass is 16.5. The van der Waals surface area contributed by atoms with E-state index in [1.807, 2.05) is 44.2 Å². The minimum absolute atomic E-state index is 0.499. The molecule has 1 unspecified atom stereocenters. The lowest BCUT2D eigenvalue weighted by atomic mass is 10.0. The fourth-order valence-electron chi connectivity index (χ4n) is 1.52. The summed E-state index contributed by atoms with van der Waals surface area (Å²) in [4.78, 5) is 4.30. The summed E-state index contributed by atoms with van der Waals surface area (Å²) in [7, 11) is 0. The van der Waals surface area contributed by atoms with Gasteiger partial charge in [0.25, 0.3) is 0 Å². The standard InChI is InChI=1S/C14H19N3O2/c1-3-14(2,15)13-16-12(19-17-13)9-10-18-11-7-5-4-6-8-11/h4-8H,3,9-10,15H2,1-2H3. The highest BCUT2D eigenvalue weighted by Crippen LogP contribution is 2.18. The zero-order chi connectivity index (χ0) is 13.7. The van der Waals surface area contributed by atoms with Crippen LogP contribution in [0, 0.1) is 0 Å². The molecule has 0 saturated heterocycles. The van der Waals surface area contributed by atoms with Gasteiger partial charge in [-0.25, -0.2) is 0 Å². The van der Waals surface area contributed by atoms with Gasteiger partial charge in [0.05, 0.1) is 18.6 Å². The molecule has 2 N–H and O–H groups in total. The number of nitrogens with zero attached hydrogens (tertiary/aromatic N) is 2. The first-order chi connectivity index (χ1) is 9.12. The molecule has 0 radical (unpaired) electrons. The van der Waals surface area contributed by atoms with Gasteiger partial charge in [-0.05, 0) is 25.5 Å². The molecule has 1 aromatic heterocycles. The molecule has 1 atom stereocenters. The zero-order valence-electron chi connectivity index (χ0n) is 11.3. The number of rotatable bonds is 6. The summed E-state index contributed by atoms with van der Waals surface area (Å²) < 4.78 is 10.7. The first-order valence-corrected chi connectivity index (χ1v) is 6.41. The molecule has 0 fully saturated rings. The van der Waals surface area contributed by atoms with Crippen LogP contribution in [0.2, 0.25) is 0 Å². The first kappa shape index (κ1) is 13.5. The van der Waals surface area contributed by atoms with Crippen molar-refractivity contribution in [3.63, 3.8) is 0 Å². The minimum Gasteiger partial charge on any atom is -0.493 e. The fraction of sp³-hybridized carbons (Fsp3) is 0.429. The van der Waals surface area contributed by atoms with Crippen molar-refractivity contribution in [2.45, 2.75) is 32.2 Å². The van der Waals surface area contributed by atoms with Crippen LogP contribution in [-0.2, 0) is 12.0 Å². The average molecular weight is 261 g/mol. The van der Waals surface area contributed by atoms with E-state index < -0.39 is 5.54 Å². The molecule has 2 aromatic rings. The van der Waals surface area contributed by atoms with Gasteiger partial charge in [-0.1, -0.05) is 30.3 Å². The first-order valence-electron chi connectivity index (χ1n) is 6.41. The summed E-state index contributed by atoms with van der Waals surface area (Å²) in [5, 5.41) is 3.92. The maximum Gasteiger partial charge on any atom is 0.230 e. The predicted molar refractivity (Wildman–Crippen MR) is 71.8 cm³/mol. The Morgan fingerprint density at radius 2 is 2.05 bits per heavy atom. The molecule has 2 rings (SSSR count). The number of nitrogens with two attached hydrogens (primary N) is 1. The molecular weight excluding hydrogens is 242 g/mol. The van der Waals surface area contributed by atoms with Crippen LogP contribution in [0.5, 0.6) is 5.75 Å². The smallest absolute Gasteiger partial charge is 0.230 e. The quantitative estimate of drug-likeness (QED) is 0.863. The number of hydrogen-bond donors (Lipinski definition) is 1. The molecule has 0 amide bonds. The molecular formula is C14H19N3O2. The van der Waals surface area contributed by atoms with Crippen LogP contribution in [0.3, 0.4) is 0 Å². The molecule has 5 heteroatoms. The van der Waals surface area contributed by atoms with E-state index in [1.165, 1.54) is 0 Å². The van der Waals surface area contributed by atoms with Gasteiger partial charge in [0.1, 0.15) is 5.75 Å². The van der Waals surface area contributed by atoms with Crippen LogP contribution >= 0.6 is 0 Å². The molecule has 0 saturated carbocycles. The van der Waals surface area contributed by atoms with Crippen LogP contribution in [0.1, 0.15) is 32.0 Å². The molecule has 0 bridgehead atoms. The second-order valence-electron chi connectivity index (χ2n) is 4.69. The molecule has 5 nitrogen and oxygen atoms in total. The Labute approximate surface area is 112 Å². The van der Waals surface area contributed by atoms with E-state index in [0.717, 1.165) is 12.2 Å². The van der Waals surface area contributed by atoms with E-state index in [0.29, 0.717) is 24.7 Å². The number of aromatic nitrogens is 2. The Bertz CT molecular complexity index is 508. The van der Waals surface area contributed by atoms with Crippen molar-refractivity contribution in [1.29, 1.82) is 0 Å². The second kappa shape index (κ2) is 5.84. The predicted octanol–water partition coefficient (Wildman–Crippen LogP) is 2.28. The van der Waals surface area contributed by atoms with Crippen molar-refractivity contribution in [3.05, 3.63) is 42.0 Å². The van der Waals surface area contributed by atoms with E-state index in [-0.39, 0.29) is 0 Å². The lowest BCUT2D eigenvalue weighted by Crippen LogP contribution is -2.33. The van der Waals surface area contributed by atoms with Crippen molar-refractivity contribution in [3.8, 4) is 5.75 Å². The third kappa shape index (κ3) is 3.54. The number of hydrogen-bond acceptors (Lipinski definition) is 5. The van der Waals surface area contributed by atoms with E-state index in [4.69, 9.17) is 15.0 Å². The molecule has 0 aliphatic carbocycles. The fourth-order valence-corrected chi connectivity index (χ4v) is 1.52. The van der Waals surface area contributed by atoms with Gasteiger partial charge in [0.2, 0.25) is 5.89 Å². The van der Waals surface area contributed by atoms with E-state index in [1.54, 1.807) is 0 Å². The van der Waals surface area contributed by atoms with Gasteiger partial charge >= 0.3 is 0 Å². The van der Waals surface area contributed by atoms with Crippen LogP contribution in [-0.4, -0.2) is 16.7 Å². The van der Waals surface area contributed by atoms with Crippen LogP contribution < -0.4 is 10.5 Å². The minimum atomic E-state index is -0.540. The molecule has 1 aromatic carbocycles. The normalized spacial score (nSPS) is 14.1. The van der Waals surface area contributed by atoms with Gasteiger partial charge in [-0.3, -0.25) is 0 Å². The van der Waals surface area contributed by atoms with Crippen molar-refractivity contribution in [2.24, 2.45) is 5.73 Å². The van der Waals surface area contributed by atoms with E-state index in [9.17, 15) is 0 Å². The van der Waals surface area contributed by atoms with Gasteiger partial charge in [-0.2, -0.15) is 4.98 Å². The zero-order valence-corrected chi connectivity index (χ0v) is 11.3. The monoisotopic (exact) mass is 261 g/mol. The number of ether oxygens (including phenoxy) is 1. The topological polar surface area (TPSA) is 74.2 Å². The second-order valence-corrected chi connectivity index (χ2v) is 4.69. The average Bonchev–Trinajstić information content (AvgIpc) is 2.90. The Hall–Kier alpha value is -1.88. The number of para-hydroxylation sites is 1. The lowest BCUT2D eigenvalue weighted by molar-refractivity contribution is 0.290. The van der Waals surface area contributed by atoms with Gasteiger partial charge in [0, 0.05) is 0 Å². The van der Waals surface area contributed by atoms with Crippen molar-refractivity contribution < 1.29 is 9.26 Å².